The second kappa shape index (κ2) is 6.61. The third-order valence-electron chi connectivity index (χ3n) is 2.12. The molecule has 0 radical (unpaired) electrons. The third-order valence-corrected chi connectivity index (χ3v) is 2.62. The predicted molar refractivity (Wildman–Crippen MR) is 69.0 cm³/mol. The molecule has 0 aliphatic rings. The number of hydrogen-bond acceptors (Lipinski definition) is 3. The summed E-state index contributed by atoms with van der Waals surface area (Å²) in [6.45, 7) is 1.92. The van der Waals surface area contributed by atoms with Crippen LogP contribution in [0, 0.1) is 0 Å². The Morgan fingerprint density at radius 3 is 2.88 bits per heavy atom. The van der Waals surface area contributed by atoms with Crippen molar-refractivity contribution < 1.29 is 14.6 Å². The van der Waals surface area contributed by atoms with Gasteiger partial charge in [0.1, 0.15) is 5.75 Å². The van der Waals surface area contributed by atoms with Crippen molar-refractivity contribution in [2.24, 2.45) is 0 Å². The molecule has 5 heteroatoms. The number of ether oxygens (including phenoxy) is 1. The first-order chi connectivity index (χ1) is 7.99. The van der Waals surface area contributed by atoms with Gasteiger partial charge >= 0.3 is 0 Å². The van der Waals surface area contributed by atoms with E-state index in [2.05, 4.69) is 15.9 Å². The van der Waals surface area contributed by atoms with E-state index >= 15 is 0 Å². The molecule has 17 heavy (non-hydrogen) atoms. The van der Waals surface area contributed by atoms with E-state index in [4.69, 9.17) is 9.84 Å². The highest BCUT2D eigenvalue weighted by Gasteiger charge is 2.11. The normalized spacial score (nSPS) is 12.0. The van der Waals surface area contributed by atoms with Crippen LogP contribution in [0.15, 0.2) is 28.7 Å². The molecule has 0 fully saturated rings. The number of carbonyl (C=O) groups is 1. The van der Waals surface area contributed by atoms with Crippen molar-refractivity contribution in [1.82, 2.24) is 4.90 Å². The SMILES string of the molecule is CC(O)CN(C)C(=O)COc1cccc(Br)c1. The number of aliphatic hydroxyl groups is 1. The Bertz CT molecular complexity index is 382. The number of rotatable bonds is 5. The van der Waals surface area contributed by atoms with Gasteiger partial charge in [0.15, 0.2) is 6.61 Å². The van der Waals surface area contributed by atoms with Gasteiger partial charge in [-0.2, -0.15) is 0 Å². The van der Waals surface area contributed by atoms with E-state index in [-0.39, 0.29) is 12.5 Å². The molecule has 1 atom stereocenters. The van der Waals surface area contributed by atoms with Crippen molar-refractivity contribution in [2.45, 2.75) is 13.0 Å². The second-order valence-corrected chi connectivity index (χ2v) is 4.79. The van der Waals surface area contributed by atoms with Gasteiger partial charge in [0.2, 0.25) is 0 Å². The first kappa shape index (κ1) is 14.0. The molecule has 1 amide bonds. The number of halogens is 1. The van der Waals surface area contributed by atoms with Gasteiger partial charge in [-0.1, -0.05) is 22.0 Å². The van der Waals surface area contributed by atoms with Gasteiger partial charge in [0, 0.05) is 18.1 Å². The van der Waals surface area contributed by atoms with E-state index in [1.807, 2.05) is 12.1 Å². The summed E-state index contributed by atoms with van der Waals surface area (Å²) < 4.78 is 6.25. The predicted octanol–water partition coefficient (Wildman–Crippen LogP) is 1.67. The fraction of sp³-hybridized carbons (Fsp3) is 0.417. The quantitative estimate of drug-likeness (QED) is 0.900. The lowest BCUT2D eigenvalue weighted by Gasteiger charge is -2.18. The van der Waals surface area contributed by atoms with Crippen LogP contribution in [0.2, 0.25) is 0 Å². The third kappa shape index (κ3) is 5.19. The van der Waals surface area contributed by atoms with Crippen molar-refractivity contribution in [3.63, 3.8) is 0 Å². The van der Waals surface area contributed by atoms with Crippen LogP contribution in [-0.2, 0) is 4.79 Å². The van der Waals surface area contributed by atoms with Gasteiger partial charge in [0.05, 0.1) is 6.10 Å². The minimum Gasteiger partial charge on any atom is -0.484 e. The highest BCUT2D eigenvalue weighted by molar-refractivity contribution is 9.10. The number of carbonyl (C=O) groups excluding carboxylic acids is 1. The van der Waals surface area contributed by atoms with E-state index in [0.717, 1.165) is 4.47 Å². The first-order valence-corrected chi connectivity index (χ1v) is 6.08. The lowest BCUT2D eigenvalue weighted by molar-refractivity contribution is -0.133. The van der Waals surface area contributed by atoms with Gasteiger partial charge in [-0.05, 0) is 25.1 Å². The summed E-state index contributed by atoms with van der Waals surface area (Å²) >= 11 is 3.32. The molecule has 94 valence electrons. The van der Waals surface area contributed by atoms with Crippen LogP contribution in [0.4, 0.5) is 0 Å². The Labute approximate surface area is 109 Å². The molecule has 0 spiro atoms. The van der Waals surface area contributed by atoms with Gasteiger partial charge in [-0.25, -0.2) is 0 Å². The zero-order valence-electron chi connectivity index (χ0n) is 9.89. The van der Waals surface area contributed by atoms with Crippen LogP contribution in [0.5, 0.6) is 5.75 Å². The monoisotopic (exact) mass is 301 g/mol. The molecule has 0 aliphatic heterocycles. The van der Waals surface area contributed by atoms with Crippen LogP contribution >= 0.6 is 15.9 Å². The van der Waals surface area contributed by atoms with E-state index in [1.165, 1.54) is 4.90 Å². The minimum atomic E-state index is -0.533. The maximum Gasteiger partial charge on any atom is 0.260 e. The van der Waals surface area contributed by atoms with E-state index in [9.17, 15) is 4.79 Å². The highest BCUT2D eigenvalue weighted by Crippen LogP contribution is 2.17. The molecular weight excluding hydrogens is 286 g/mol. The van der Waals surface area contributed by atoms with Crippen molar-refractivity contribution in [1.29, 1.82) is 0 Å². The summed E-state index contributed by atoms with van der Waals surface area (Å²) in [5.74, 6) is 0.476. The van der Waals surface area contributed by atoms with Crippen LogP contribution in [-0.4, -0.2) is 42.2 Å². The molecule has 1 unspecified atom stereocenters. The topological polar surface area (TPSA) is 49.8 Å². The molecular formula is C12H16BrNO3. The summed E-state index contributed by atoms with van der Waals surface area (Å²) in [7, 11) is 1.64. The smallest absolute Gasteiger partial charge is 0.260 e. The molecule has 1 rings (SSSR count). The molecule has 1 aromatic carbocycles. The van der Waals surface area contributed by atoms with Crippen molar-refractivity contribution in [2.75, 3.05) is 20.2 Å². The summed E-state index contributed by atoms with van der Waals surface area (Å²) in [5, 5.41) is 9.15. The Morgan fingerprint density at radius 2 is 2.29 bits per heavy atom. The van der Waals surface area contributed by atoms with Crippen LogP contribution in [0.3, 0.4) is 0 Å². The maximum atomic E-state index is 11.6. The number of benzene rings is 1. The van der Waals surface area contributed by atoms with E-state index in [1.54, 1.807) is 26.1 Å². The Morgan fingerprint density at radius 1 is 1.59 bits per heavy atom. The van der Waals surface area contributed by atoms with Crippen LogP contribution in [0.1, 0.15) is 6.92 Å². The maximum absolute atomic E-state index is 11.6. The Kier molecular flexibility index (Phi) is 5.44. The fourth-order valence-corrected chi connectivity index (χ4v) is 1.69. The summed E-state index contributed by atoms with van der Waals surface area (Å²) in [6, 6.07) is 7.30. The molecule has 0 heterocycles. The van der Waals surface area contributed by atoms with E-state index in [0.29, 0.717) is 12.3 Å². The standard InChI is InChI=1S/C12H16BrNO3/c1-9(15)7-14(2)12(16)8-17-11-5-3-4-10(13)6-11/h3-6,9,15H,7-8H2,1-2H3. The molecule has 1 aromatic rings. The van der Waals surface area contributed by atoms with E-state index < -0.39 is 6.10 Å². The summed E-state index contributed by atoms with van der Waals surface area (Å²) in [4.78, 5) is 13.1. The summed E-state index contributed by atoms with van der Waals surface area (Å²) in [5.41, 5.74) is 0. The van der Waals surface area contributed by atoms with Gasteiger partial charge in [-0.3, -0.25) is 4.79 Å². The lowest BCUT2D eigenvalue weighted by Crippen LogP contribution is -2.36. The van der Waals surface area contributed by atoms with Crippen LogP contribution in [0.25, 0.3) is 0 Å². The van der Waals surface area contributed by atoms with Crippen molar-refractivity contribution >= 4 is 21.8 Å². The molecule has 1 N–H and O–H groups in total. The minimum absolute atomic E-state index is 0.0281. The molecule has 0 aliphatic carbocycles. The number of nitrogens with zero attached hydrogens (tertiary/aromatic N) is 1. The molecule has 0 bridgehead atoms. The van der Waals surface area contributed by atoms with Crippen molar-refractivity contribution in [3.05, 3.63) is 28.7 Å². The number of hydrogen-bond donors (Lipinski definition) is 1. The average Bonchev–Trinajstić information content (AvgIpc) is 2.25. The Balaban J connectivity index is 2.43. The number of aliphatic hydroxyl groups excluding tert-OH is 1. The van der Waals surface area contributed by atoms with Crippen LogP contribution < -0.4 is 4.74 Å². The second-order valence-electron chi connectivity index (χ2n) is 3.87. The number of amides is 1. The molecule has 0 aromatic heterocycles. The molecule has 0 saturated carbocycles. The largest absolute Gasteiger partial charge is 0.484 e. The van der Waals surface area contributed by atoms with Crippen molar-refractivity contribution in [3.8, 4) is 5.75 Å². The lowest BCUT2D eigenvalue weighted by atomic mass is 10.3. The first-order valence-electron chi connectivity index (χ1n) is 5.29. The molecule has 0 saturated heterocycles. The highest BCUT2D eigenvalue weighted by atomic mass is 79.9. The fourth-order valence-electron chi connectivity index (χ4n) is 1.31. The zero-order chi connectivity index (χ0) is 12.8. The van der Waals surface area contributed by atoms with Gasteiger partial charge in [0.25, 0.3) is 5.91 Å². The number of likely N-dealkylation sites (N-methyl/N-ethyl adjacent to an activating group) is 1. The Hall–Kier alpha value is -1.07. The summed E-state index contributed by atoms with van der Waals surface area (Å²) in [6.07, 6.45) is -0.533. The zero-order valence-corrected chi connectivity index (χ0v) is 11.5. The van der Waals surface area contributed by atoms with Gasteiger partial charge < -0.3 is 14.7 Å². The average molecular weight is 302 g/mol. The molecule has 4 nitrogen and oxygen atoms in total. The van der Waals surface area contributed by atoms with Gasteiger partial charge in [-0.15, -0.1) is 0 Å².